The molecule has 2 atom stereocenters. The van der Waals surface area contributed by atoms with Crippen LogP contribution in [0.25, 0.3) is 0 Å². The van der Waals surface area contributed by atoms with E-state index in [0.29, 0.717) is 5.41 Å². The number of fused-ring (bicyclic) bond motifs is 1. The van der Waals surface area contributed by atoms with Gasteiger partial charge >= 0.3 is 0 Å². The summed E-state index contributed by atoms with van der Waals surface area (Å²) in [5.41, 5.74) is 1.83. The minimum atomic E-state index is -0.220. The van der Waals surface area contributed by atoms with E-state index in [2.05, 4.69) is 13.5 Å². The second-order valence-corrected chi connectivity index (χ2v) is 5.92. The normalized spacial score (nSPS) is 42.3. The topological polar surface area (TPSA) is 18.5 Å². The molecule has 2 saturated carbocycles. The molecule has 0 amide bonds. The van der Waals surface area contributed by atoms with Crippen LogP contribution in [0.4, 0.5) is 0 Å². The Morgan fingerprint density at radius 1 is 1.25 bits per heavy atom. The first-order valence-corrected chi connectivity index (χ1v) is 6.61. The fraction of sp³-hybridized carbons (Fsp3) is 0.857. The molecule has 0 aromatic rings. The summed E-state index contributed by atoms with van der Waals surface area (Å²) in [6.07, 6.45) is 7.18. The SMILES string of the molecule is C=C1CCCC2CC3(CCC12C)OCCO3. The number of ether oxygens (including phenoxy) is 2. The van der Waals surface area contributed by atoms with Crippen molar-refractivity contribution in [2.24, 2.45) is 11.3 Å². The predicted octanol–water partition coefficient (Wildman–Crippen LogP) is 3.28. The van der Waals surface area contributed by atoms with Crippen molar-refractivity contribution in [2.75, 3.05) is 13.2 Å². The highest BCUT2D eigenvalue weighted by Crippen LogP contribution is 2.56. The molecule has 2 nitrogen and oxygen atoms in total. The largest absolute Gasteiger partial charge is 0.348 e. The maximum absolute atomic E-state index is 5.86. The van der Waals surface area contributed by atoms with E-state index in [1.807, 2.05) is 0 Å². The summed E-state index contributed by atoms with van der Waals surface area (Å²) < 4.78 is 11.7. The monoisotopic (exact) mass is 222 g/mol. The molecule has 16 heavy (non-hydrogen) atoms. The van der Waals surface area contributed by atoms with Crippen LogP contribution >= 0.6 is 0 Å². The fourth-order valence-corrected chi connectivity index (χ4v) is 3.85. The molecule has 90 valence electrons. The van der Waals surface area contributed by atoms with Crippen LogP contribution in [-0.4, -0.2) is 19.0 Å². The van der Waals surface area contributed by atoms with Gasteiger partial charge in [0.25, 0.3) is 0 Å². The van der Waals surface area contributed by atoms with Gasteiger partial charge in [0.2, 0.25) is 0 Å². The highest BCUT2D eigenvalue weighted by atomic mass is 16.7. The molecule has 2 unspecified atom stereocenters. The van der Waals surface area contributed by atoms with Crippen LogP contribution in [0.1, 0.15) is 45.4 Å². The van der Waals surface area contributed by atoms with Crippen LogP contribution in [0.15, 0.2) is 12.2 Å². The number of allylic oxidation sites excluding steroid dienone is 1. The van der Waals surface area contributed by atoms with Crippen molar-refractivity contribution in [1.82, 2.24) is 0 Å². The molecule has 2 aliphatic carbocycles. The Kier molecular flexibility index (Phi) is 2.41. The van der Waals surface area contributed by atoms with Crippen molar-refractivity contribution in [2.45, 2.75) is 51.2 Å². The molecule has 1 heterocycles. The van der Waals surface area contributed by atoms with Crippen LogP contribution in [0.2, 0.25) is 0 Å². The van der Waals surface area contributed by atoms with Crippen molar-refractivity contribution in [3.8, 4) is 0 Å². The molecule has 2 heteroatoms. The van der Waals surface area contributed by atoms with Crippen LogP contribution in [0.5, 0.6) is 0 Å². The molecule has 1 saturated heterocycles. The molecule has 0 aromatic heterocycles. The fourth-order valence-electron chi connectivity index (χ4n) is 3.85. The third-order valence-corrected chi connectivity index (χ3v) is 5.14. The van der Waals surface area contributed by atoms with Gasteiger partial charge in [0, 0.05) is 12.8 Å². The Bertz CT molecular complexity index is 304. The maximum atomic E-state index is 5.86. The van der Waals surface area contributed by atoms with Crippen molar-refractivity contribution < 1.29 is 9.47 Å². The molecule has 0 bridgehead atoms. The predicted molar refractivity (Wildman–Crippen MR) is 63.1 cm³/mol. The van der Waals surface area contributed by atoms with E-state index in [4.69, 9.17) is 9.47 Å². The second-order valence-electron chi connectivity index (χ2n) is 5.92. The summed E-state index contributed by atoms with van der Waals surface area (Å²) in [5, 5.41) is 0. The van der Waals surface area contributed by atoms with Crippen LogP contribution in [0, 0.1) is 11.3 Å². The zero-order chi connectivity index (χ0) is 11.2. The molecular weight excluding hydrogens is 200 g/mol. The zero-order valence-corrected chi connectivity index (χ0v) is 10.3. The van der Waals surface area contributed by atoms with Gasteiger partial charge in [-0.15, -0.1) is 0 Å². The third-order valence-electron chi connectivity index (χ3n) is 5.14. The quantitative estimate of drug-likeness (QED) is 0.586. The van der Waals surface area contributed by atoms with Crippen LogP contribution in [-0.2, 0) is 9.47 Å². The van der Waals surface area contributed by atoms with Crippen molar-refractivity contribution in [3.63, 3.8) is 0 Å². The van der Waals surface area contributed by atoms with E-state index < -0.39 is 0 Å². The Balaban J connectivity index is 1.82. The second kappa shape index (κ2) is 3.58. The molecule has 3 rings (SSSR count). The standard InChI is InChI=1S/C14H22O2/c1-11-4-3-5-12-10-14(15-8-9-16-14)7-6-13(11,12)2/h12H,1,3-10H2,2H3. The van der Waals surface area contributed by atoms with Crippen molar-refractivity contribution >= 4 is 0 Å². The number of hydrogen-bond acceptors (Lipinski definition) is 2. The van der Waals surface area contributed by atoms with Gasteiger partial charge < -0.3 is 9.47 Å². The minimum absolute atomic E-state index is 0.220. The first kappa shape index (κ1) is 10.8. The number of rotatable bonds is 0. The van der Waals surface area contributed by atoms with Gasteiger partial charge in [-0.3, -0.25) is 0 Å². The third kappa shape index (κ3) is 1.46. The first-order chi connectivity index (χ1) is 7.65. The molecule has 0 aromatic carbocycles. The van der Waals surface area contributed by atoms with Gasteiger partial charge in [0.1, 0.15) is 0 Å². The maximum Gasteiger partial charge on any atom is 0.168 e. The Morgan fingerprint density at radius 3 is 2.75 bits per heavy atom. The summed E-state index contributed by atoms with van der Waals surface area (Å²) in [6.45, 7) is 8.27. The van der Waals surface area contributed by atoms with Gasteiger partial charge in [0.05, 0.1) is 13.2 Å². The van der Waals surface area contributed by atoms with Gasteiger partial charge in [-0.25, -0.2) is 0 Å². The lowest BCUT2D eigenvalue weighted by Crippen LogP contribution is -2.47. The van der Waals surface area contributed by atoms with Gasteiger partial charge in [0.15, 0.2) is 5.79 Å². The Morgan fingerprint density at radius 2 is 2.00 bits per heavy atom. The minimum Gasteiger partial charge on any atom is -0.348 e. The lowest BCUT2D eigenvalue weighted by atomic mass is 9.57. The van der Waals surface area contributed by atoms with E-state index in [1.165, 1.54) is 31.3 Å². The molecular formula is C14H22O2. The van der Waals surface area contributed by atoms with E-state index >= 15 is 0 Å². The molecule has 3 fully saturated rings. The summed E-state index contributed by atoms with van der Waals surface area (Å²) in [5.74, 6) is 0.502. The van der Waals surface area contributed by atoms with Crippen molar-refractivity contribution in [3.05, 3.63) is 12.2 Å². The van der Waals surface area contributed by atoms with Crippen LogP contribution in [0.3, 0.4) is 0 Å². The average molecular weight is 222 g/mol. The number of hydrogen-bond donors (Lipinski definition) is 0. The Labute approximate surface area is 98.0 Å². The van der Waals surface area contributed by atoms with Gasteiger partial charge in [-0.2, -0.15) is 0 Å². The summed E-state index contributed by atoms with van der Waals surface area (Å²) in [4.78, 5) is 0. The first-order valence-electron chi connectivity index (χ1n) is 6.61. The van der Waals surface area contributed by atoms with E-state index in [9.17, 15) is 0 Å². The lowest BCUT2D eigenvalue weighted by molar-refractivity contribution is -0.204. The highest BCUT2D eigenvalue weighted by molar-refractivity contribution is 5.16. The summed E-state index contributed by atoms with van der Waals surface area (Å²) in [6, 6.07) is 0. The van der Waals surface area contributed by atoms with Crippen LogP contribution < -0.4 is 0 Å². The summed E-state index contributed by atoms with van der Waals surface area (Å²) >= 11 is 0. The average Bonchev–Trinajstić information content (AvgIpc) is 2.71. The van der Waals surface area contributed by atoms with Gasteiger partial charge in [-0.05, 0) is 37.0 Å². The van der Waals surface area contributed by atoms with E-state index in [1.54, 1.807) is 0 Å². The van der Waals surface area contributed by atoms with Gasteiger partial charge in [-0.1, -0.05) is 19.1 Å². The van der Waals surface area contributed by atoms with Crippen molar-refractivity contribution in [1.29, 1.82) is 0 Å². The molecule has 0 N–H and O–H groups in total. The highest BCUT2D eigenvalue weighted by Gasteiger charge is 2.51. The Hall–Kier alpha value is -0.340. The summed E-state index contributed by atoms with van der Waals surface area (Å²) in [7, 11) is 0. The molecule has 0 radical (unpaired) electrons. The molecule has 1 aliphatic heterocycles. The lowest BCUT2D eigenvalue weighted by Gasteiger charge is -2.51. The smallest absolute Gasteiger partial charge is 0.168 e. The van der Waals surface area contributed by atoms with E-state index in [0.717, 1.165) is 32.0 Å². The molecule has 1 spiro atoms. The van der Waals surface area contributed by atoms with E-state index in [-0.39, 0.29) is 5.79 Å². The zero-order valence-electron chi connectivity index (χ0n) is 10.3. The molecule has 3 aliphatic rings.